The van der Waals surface area contributed by atoms with Crippen molar-refractivity contribution in [1.82, 2.24) is 14.9 Å². The summed E-state index contributed by atoms with van der Waals surface area (Å²) in [4.78, 5) is 23.5. The van der Waals surface area contributed by atoms with Crippen LogP contribution in [-0.2, 0) is 23.1 Å². The van der Waals surface area contributed by atoms with Crippen molar-refractivity contribution < 1.29 is 18.5 Å². The van der Waals surface area contributed by atoms with Crippen molar-refractivity contribution in [3.63, 3.8) is 0 Å². The number of nitrogens with zero attached hydrogens (tertiary/aromatic N) is 3. The van der Waals surface area contributed by atoms with Crippen LogP contribution in [0.5, 0.6) is 11.5 Å². The second-order valence-corrected chi connectivity index (χ2v) is 8.62. The Hall–Kier alpha value is -3.30. The molecule has 8 nitrogen and oxygen atoms in total. The molecule has 0 aliphatic rings. The van der Waals surface area contributed by atoms with E-state index >= 15 is 0 Å². The van der Waals surface area contributed by atoms with Crippen LogP contribution in [0, 0.1) is 0 Å². The molecule has 1 unspecified atom stereocenters. The van der Waals surface area contributed by atoms with Gasteiger partial charge >= 0.3 is 0 Å². The van der Waals surface area contributed by atoms with Crippen molar-refractivity contribution in [2.75, 3.05) is 33.6 Å². The van der Waals surface area contributed by atoms with E-state index in [9.17, 15) is 9.00 Å². The maximum Gasteiger partial charge on any atom is 0.258 e. The van der Waals surface area contributed by atoms with Gasteiger partial charge in [-0.05, 0) is 44.4 Å². The highest BCUT2D eigenvalue weighted by atomic mass is 32.2. The Morgan fingerprint density at radius 3 is 2.59 bits per heavy atom. The molecule has 9 heteroatoms. The smallest absolute Gasteiger partial charge is 0.258 e. The second kappa shape index (κ2) is 10.8. The standard InChI is InChI=1S/C23H26N4O4S/c1-27(2)14-18-12-17(9-11-24-18)26-22(28)20-6-5-10-25-23(20)32(29)15-16-7-8-19(30-3)13-21(16)31-4/h5-13H,14-15H2,1-4H3,(H,24,26,28). The number of benzene rings is 1. The van der Waals surface area contributed by atoms with E-state index in [4.69, 9.17) is 9.47 Å². The first-order chi connectivity index (χ1) is 15.4. The quantitative estimate of drug-likeness (QED) is 0.531. The Bertz CT molecular complexity index is 1120. The third kappa shape index (κ3) is 5.89. The number of methoxy groups -OCH3 is 2. The summed E-state index contributed by atoms with van der Waals surface area (Å²) in [7, 11) is 5.43. The van der Waals surface area contributed by atoms with Gasteiger partial charge in [0.25, 0.3) is 5.91 Å². The van der Waals surface area contributed by atoms with Gasteiger partial charge in [0.05, 0.1) is 42.0 Å². The van der Waals surface area contributed by atoms with Gasteiger partial charge in [0, 0.05) is 36.3 Å². The van der Waals surface area contributed by atoms with Crippen LogP contribution in [0.3, 0.4) is 0 Å². The molecule has 3 rings (SSSR count). The number of ether oxygens (including phenoxy) is 2. The summed E-state index contributed by atoms with van der Waals surface area (Å²) in [5.41, 5.74) is 2.42. The maximum absolute atomic E-state index is 13.2. The van der Waals surface area contributed by atoms with Crippen LogP contribution in [0.25, 0.3) is 0 Å². The van der Waals surface area contributed by atoms with E-state index < -0.39 is 10.8 Å². The fourth-order valence-electron chi connectivity index (χ4n) is 3.09. The zero-order valence-electron chi connectivity index (χ0n) is 18.5. The molecule has 3 aromatic rings. The molecule has 1 atom stereocenters. The van der Waals surface area contributed by atoms with Crippen molar-refractivity contribution in [3.05, 3.63) is 71.7 Å². The Morgan fingerprint density at radius 2 is 1.88 bits per heavy atom. The molecule has 1 aromatic carbocycles. The number of nitrogens with one attached hydrogen (secondary N) is 1. The molecule has 0 spiro atoms. The van der Waals surface area contributed by atoms with E-state index in [1.165, 1.54) is 6.20 Å². The first-order valence-corrected chi connectivity index (χ1v) is 11.2. The Morgan fingerprint density at radius 1 is 1.06 bits per heavy atom. The maximum atomic E-state index is 13.2. The molecule has 0 aliphatic heterocycles. The van der Waals surface area contributed by atoms with Gasteiger partial charge in [-0.1, -0.05) is 6.07 Å². The van der Waals surface area contributed by atoms with Crippen molar-refractivity contribution in [2.24, 2.45) is 0 Å². The molecule has 1 amide bonds. The van der Waals surface area contributed by atoms with Crippen LogP contribution in [0.4, 0.5) is 5.69 Å². The van der Waals surface area contributed by atoms with Crippen LogP contribution in [-0.4, -0.2) is 53.3 Å². The fourth-order valence-corrected chi connectivity index (χ4v) is 4.33. The molecule has 0 aliphatic carbocycles. The normalized spacial score (nSPS) is 11.8. The van der Waals surface area contributed by atoms with Crippen LogP contribution in [0.2, 0.25) is 0 Å². The average molecular weight is 455 g/mol. The molecule has 168 valence electrons. The van der Waals surface area contributed by atoms with Gasteiger partial charge in [-0.15, -0.1) is 0 Å². The van der Waals surface area contributed by atoms with Gasteiger partial charge in [0.15, 0.2) is 0 Å². The van der Waals surface area contributed by atoms with E-state index in [0.29, 0.717) is 23.7 Å². The van der Waals surface area contributed by atoms with E-state index in [0.717, 1.165) is 11.3 Å². The predicted molar refractivity (Wildman–Crippen MR) is 123 cm³/mol. The number of anilines is 1. The molecule has 0 saturated heterocycles. The molecular weight excluding hydrogens is 428 g/mol. The van der Waals surface area contributed by atoms with Gasteiger partial charge in [-0.2, -0.15) is 0 Å². The van der Waals surface area contributed by atoms with Gasteiger partial charge in [-0.3, -0.25) is 14.0 Å². The number of carbonyl (C=O) groups is 1. The summed E-state index contributed by atoms with van der Waals surface area (Å²) >= 11 is 0. The van der Waals surface area contributed by atoms with E-state index in [2.05, 4.69) is 15.3 Å². The Balaban J connectivity index is 1.81. The van der Waals surface area contributed by atoms with Crippen LogP contribution in [0.1, 0.15) is 21.6 Å². The zero-order chi connectivity index (χ0) is 23.1. The summed E-state index contributed by atoms with van der Waals surface area (Å²) in [6, 6.07) is 12.1. The number of hydrogen-bond donors (Lipinski definition) is 1. The average Bonchev–Trinajstić information content (AvgIpc) is 2.79. The van der Waals surface area contributed by atoms with Crippen molar-refractivity contribution in [2.45, 2.75) is 17.3 Å². The van der Waals surface area contributed by atoms with Gasteiger partial charge in [0.2, 0.25) is 0 Å². The summed E-state index contributed by atoms with van der Waals surface area (Å²) in [5.74, 6) is 0.961. The fraction of sp³-hybridized carbons (Fsp3) is 0.261. The van der Waals surface area contributed by atoms with Crippen LogP contribution in [0.15, 0.2) is 59.9 Å². The topological polar surface area (TPSA) is 93.6 Å². The first kappa shape index (κ1) is 23.4. The lowest BCUT2D eigenvalue weighted by molar-refractivity contribution is 0.102. The Labute approximate surface area is 190 Å². The van der Waals surface area contributed by atoms with Crippen molar-refractivity contribution in [3.8, 4) is 11.5 Å². The SMILES string of the molecule is COc1ccc(CS(=O)c2ncccc2C(=O)Nc2ccnc(CN(C)C)c2)c(OC)c1. The largest absolute Gasteiger partial charge is 0.497 e. The van der Waals surface area contributed by atoms with Crippen molar-refractivity contribution in [1.29, 1.82) is 0 Å². The van der Waals surface area contributed by atoms with Gasteiger partial charge < -0.3 is 19.7 Å². The van der Waals surface area contributed by atoms with E-state index in [1.807, 2.05) is 25.1 Å². The summed E-state index contributed by atoms with van der Waals surface area (Å²) in [6.45, 7) is 0.648. The molecule has 2 heterocycles. The van der Waals surface area contributed by atoms with E-state index in [1.54, 1.807) is 56.8 Å². The third-order valence-electron chi connectivity index (χ3n) is 4.56. The minimum atomic E-state index is -1.57. The van der Waals surface area contributed by atoms with Crippen molar-refractivity contribution >= 4 is 22.4 Å². The van der Waals surface area contributed by atoms with Gasteiger partial charge in [-0.25, -0.2) is 4.98 Å². The first-order valence-electron chi connectivity index (χ1n) is 9.86. The summed E-state index contributed by atoms with van der Waals surface area (Å²) in [5, 5.41) is 3.07. The number of hydrogen-bond acceptors (Lipinski definition) is 7. The molecule has 1 N–H and O–H groups in total. The zero-order valence-corrected chi connectivity index (χ0v) is 19.3. The molecule has 2 aromatic heterocycles. The number of rotatable bonds is 9. The lowest BCUT2D eigenvalue weighted by Crippen LogP contribution is -2.17. The summed E-state index contributed by atoms with van der Waals surface area (Å²) in [6.07, 6.45) is 3.17. The number of aromatic nitrogens is 2. The van der Waals surface area contributed by atoms with E-state index in [-0.39, 0.29) is 22.2 Å². The minimum Gasteiger partial charge on any atom is -0.497 e. The van der Waals surface area contributed by atoms with Crippen LogP contribution < -0.4 is 14.8 Å². The highest BCUT2D eigenvalue weighted by Gasteiger charge is 2.19. The molecule has 0 fully saturated rings. The minimum absolute atomic E-state index is 0.146. The monoisotopic (exact) mass is 454 g/mol. The molecule has 0 saturated carbocycles. The highest BCUT2D eigenvalue weighted by molar-refractivity contribution is 7.84. The molecule has 0 radical (unpaired) electrons. The second-order valence-electron chi connectivity index (χ2n) is 7.25. The number of amides is 1. The number of pyridine rings is 2. The summed E-state index contributed by atoms with van der Waals surface area (Å²) < 4.78 is 23.8. The lowest BCUT2D eigenvalue weighted by Gasteiger charge is -2.13. The number of carbonyl (C=O) groups excluding carboxylic acids is 1. The third-order valence-corrected chi connectivity index (χ3v) is 5.89. The predicted octanol–water partition coefficient (Wildman–Crippen LogP) is 3.12. The molecular formula is C23H26N4O4S. The van der Waals surface area contributed by atoms with Crippen LogP contribution >= 0.6 is 0 Å². The van der Waals surface area contributed by atoms with Gasteiger partial charge in [0.1, 0.15) is 16.5 Å². The molecule has 0 bridgehead atoms. The molecule has 32 heavy (non-hydrogen) atoms. The highest BCUT2D eigenvalue weighted by Crippen LogP contribution is 2.27. The Kier molecular flexibility index (Phi) is 7.91. The lowest BCUT2D eigenvalue weighted by atomic mass is 10.2.